The number of ether oxygens (including phenoxy) is 1. The predicted octanol–water partition coefficient (Wildman–Crippen LogP) is 5.14. The standard InChI is InChI=1S/C24H30N4O/c1-24(2,3)19-13-21(28-12-10-26(5)18-28)16-23(14-19)29-22-8-6-7-20(15-22)27-11-9-25(4)17-27/h6-16H,17-18H2,1-5H3. The van der Waals surface area contributed by atoms with Crippen LogP contribution in [0.5, 0.6) is 11.5 Å². The quantitative estimate of drug-likeness (QED) is 0.719. The lowest BCUT2D eigenvalue weighted by Gasteiger charge is -2.25. The Morgan fingerprint density at radius 1 is 0.724 bits per heavy atom. The summed E-state index contributed by atoms with van der Waals surface area (Å²) in [6.45, 7) is 8.40. The van der Waals surface area contributed by atoms with Gasteiger partial charge in [-0.2, -0.15) is 0 Å². The molecule has 2 aromatic rings. The molecule has 5 heteroatoms. The number of anilines is 2. The van der Waals surface area contributed by atoms with Gasteiger partial charge in [0.2, 0.25) is 0 Å². The topological polar surface area (TPSA) is 22.2 Å². The highest BCUT2D eigenvalue weighted by molar-refractivity contribution is 5.59. The lowest BCUT2D eigenvalue weighted by atomic mass is 9.86. The molecule has 0 radical (unpaired) electrons. The van der Waals surface area contributed by atoms with Gasteiger partial charge in [0.1, 0.15) is 11.5 Å². The average Bonchev–Trinajstić information content (AvgIpc) is 3.29. The second-order valence-corrected chi connectivity index (χ2v) is 8.90. The molecule has 0 saturated carbocycles. The first kappa shape index (κ1) is 19.2. The fraction of sp³-hybridized carbons (Fsp3) is 0.333. The summed E-state index contributed by atoms with van der Waals surface area (Å²) in [6, 6.07) is 14.8. The van der Waals surface area contributed by atoms with Gasteiger partial charge in [-0.05, 0) is 35.2 Å². The lowest BCUT2D eigenvalue weighted by molar-refractivity contribution is 0.475. The minimum absolute atomic E-state index is 0.0379. The molecule has 0 spiro atoms. The Balaban J connectivity index is 1.63. The molecule has 0 atom stereocenters. The summed E-state index contributed by atoms with van der Waals surface area (Å²) in [4.78, 5) is 8.75. The Hall–Kier alpha value is -3.08. The smallest absolute Gasteiger partial charge is 0.129 e. The number of nitrogens with zero attached hydrogens (tertiary/aromatic N) is 4. The van der Waals surface area contributed by atoms with Crippen molar-refractivity contribution in [3.8, 4) is 11.5 Å². The SMILES string of the molecule is CN1C=CN(c2cccc(Oc3cc(N4C=CN(C)C4)cc(C(C)(C)C)c3)c2)C1. The number of hydrogen-bond acceptors (Lipinski definition) is 5. The zero-order valence-corrected chi connectivity index (χ0v) is 18.0. The molecule has 0 amide bonds. The van der Waals surface area contributed by atoms with E-state index in [9.17, 15) is 0 Å². The van der Waals surface area contributed by atoms with Gasteiger partial charge in [0, 0.05) is 62.4 Å². The molecule has 0 unspecified atom stereocenters. The van der Waals surface area contributed by atoms with E-state index in [-0.39, 0.29) is 5.41 Å². The van der Waals surface area contributed by atoms with Crippen LogP contribution in [0, 0.1) is 0 Å². The summed E-state index contributed by atoms with van der Waals surface area (Å²) in [6.07, 6.45) is 8.37. The third kappa shape index (κ3) is 4.34. The van der Waals surface area contributed by atoms with E-state index in [1.165, 1.54) is 5.56 Å². The van der Waals surface area contributed by atoms with Crippen molar-refractivity contribution in [3.63, 3.8) is 0 Å². The van der Waals surface area contributed by atoms with Crippen LogP contribution in [0.4, 0.5) is 11.4 Å². The lowest BCUT2D eigenvalue weighted by Crippen LogP contribution is -2.22. The molecule has 0 N–H and O–H groups in total. The maximum atomic E-state index is 6.34. The molecule has 2 aliphatic heterocycles. The molecule has 29 heavy (non-hydrogen) atoms. The van der Waals surface area contributed by atoms with Crippen LogP contribution in [0.3, 0.4) is 0 Å². The van der Waals surface area contributed by atoms with Gasteiger partial charge in [-0.3, -0.25) is 0 Å². The van der Waals surface area contributed by atoms with Gasteiger partial charge in [-0.25, -0.2) is 0 Å². The van der Waals surface area contributed by atoms with Gasteiger partial charge in [0.25, 0.3) is 0 Å². The maximum absolute atomic E-state index is 6.34. The monoisotopic (exact) mass is 390 g/mol. The highest BCUT2D eigenvalue weighted by Crippen LogP contribution is 2.35. The minimum Gasteiger partial charge on any atom is -0.457 e. The van der Waals surface area contributed by atoms with Crippen molar-refractivity contribution in [1.29, 1.82) is 0 Å². The first-order valence-electron chi connectivity index (χ1n) is 10.0. The zero-order valence-electron chi connectivity index (χ0n) is 18.0. The highest BCUT2D eigenvalue weighted by Gasteiger charge is 2.19. The van der Waals surface area contributed by atoms with Crippen LogP contribution in [-0.4, -0.2) is 37.2 Å². The molecule has 0 aliphatic carbocycles. The molecule has 2 heterocycles. The Labute approximate surface area is 174 Å². The molecule has 0 aromatic heterocycles. The molecule has 4 rings (SSSR count). The summed E-state index contributed by atoms with van der Waals surface area (Å²) < 4.78 is 6.34. The van der Waals surface area contributed by atoms with Crippen molar-refractivity contribution in [2.45, 2.75) is 26.2 Å². The van der Waals surface area contributed by atoms with Crippen LogP contribution in [0.1, 0.15) is 26.3 Å². The van der Waals surface area contributed by atoms with Gasteiger partial charge in [0.15, 0.2) is 0 Å². The molecule has 0 bridgehead atoms. The van der Waals surface area contributed by atoms with Gasteiger partial charge >= 0.3 is 0 Å². The molecule has 0 saturated heterocycles. The van der Waals surface area contributed by atoms with Crippen molar-refractivity contribution in [3.05, 3.63) is 72.8 Å². The summed E-state index contributed by atoms with van der Waals surface area (Å²) in [7, 11) is 4.15. The van der Waals surface area contributed by atoms with Crippen LogP contribution >= 0.6 is 0 Å². The van der Waals surface area contributed by atoms with Gasteiger partial charge in [0.05, 0.1) is 13.3 Å². The number of benzene rings is 2. The zero-order chi connectivity index (χ0) is 20.6. The third-order valence-electron chi connectivity index (χ3n) is 5.23. The van der Waals surface area contributed by atoms with Crippen molar-refractivity contribution in [1.82, 2.24) is 9.80 Å². The van der Waals surface area contributed by atoms with E-state index in [1.807, 2.05) is 12.1 Å². The summed E-state index contributed by atoms with van der Waals surface area (Å²) >= 11 is 0. The van der Waals surface area contributed by atoms with Crippen LogP contribution < -0.4 is 14.5 Å². The van der Waals surface area contributed by atoms with E-state index in [0.717, 1.165) is 36.2 Å². The number of hydrogen-bond donors (Lipinski definition) is 0. The van der Waals surface area contributed by atoms with Crippen LogP contribution in [0.15, 0.2) is 67.3 Å². The Bertz CT molecular complexity index is 944. The Morgan fingerprint density at radius 3 is 1.93 bits per heavy atom. The van der Waals surface area contributed by atoms with Crippen molar-refractivity contribution < 1.29 is 4.74 Å². The molecule has 0 fully saturated rings. The van der Waals surface area contributed by atoms with E-state index < -0.39 is 0 Å². The molecular weight excluding hydrogens is 360 g/mol. The average molecular weight is 391 g/mol. The second-order valence-electron chi connectivity index (χ2n) is 8.90. The fourth-order valence-corrected chi connectivity index (χ4v) is 3.50. The van der Waals surface area contributed by atoms with Crippen LogP contribution in [0.25, 0.3) is 0 Å². The van der Waals surface area contributed by atoms with Crippen LogP contribution in [0.2, 0.25) is 0 Å². The molecule has 2 aromatic carbocycles. The summed E-state index contributed by atoms with van der Waals surface area (Å²) in [5.74, 6) is 1.71. The van der Waals surface area contributed by atoms with Crippen LogP contribution in [-0.2, 0) is 5.41 Å². The van der Waals surface area contributed by atoms with E-state index in [0.29, 0.717) is 0 Å². The van der Waals surface area contributed by atoms with E-state index in [2.05, 4.69) is 110 Å². The molecule has 5 nitrogen and oxygen atoms in total. The van der Waals surface area contributed by atoms with E-state index in [1.54, 1.807) is 0 Å². The Morgan fingerprint density at radius 2 is 1.34 bits per heavy atom. The van der Waals surface area contributed by atoms with Crippen molar-refractivity contribution in [2.24, 2.45) is 0 Å². The van der Waals surface area contributed by atoms with Gasteiger partial charge < -0.3 is 24.3 Å². The number of rotatable bonds is 4. The first-order chi connectivity index (χ1) is 13.8. The van der Waals surface area contributed by atoms with Crippen molar-refractivity contribution in [2.75, 3.05) is 37.2 Å². The fourth-order valence-electron chi connectivity index (χ4n) is 3.50. The maximum Gasteiger partial charge on any atom is 0.129 e. The normalized spacial score (nSPS) is 16.3. The van der Waals surface area contributed by atoms with Crippen molar-refractivity contribution >= 4 is 11.4 Å². The molecule has 2 aliphatic rings. The summed E-state index contributed by atoms with van der Waals surface area (Å²) in [5.41, 5.74) is 3.57. The predicted molar refractivity (Wildman–Crippen MR) is 120 cm³/mol. The summed E-state index contributed by atoms with van der Waals surface area (Å²) in [5, 5.41) is 0. The molecule has 152 valence electrons. The second kappa shape index (κ2) is 7.39. The third-order valence-corrected chi connectivity index (χ3v) is 5.23. The Kier molecular flexibility index (Phi) is 4.91. The van der Waals surface area contributed by atoms with Gasteiger partial charge in [-0.1, -0.05) is 26.8 Å². The molecular formula is C24H30N4O. The minimum atomic E-state index is 0.0379. The van der Waals surface area contributed by atoms with E-state index >= 15 is 0 Å². The highest BCUT2D eigenvalue weighted by atomic mass is 16.5. The van der Waals surface area contributed by atoms with E-state index in [4.69, 9.17) is 4.74 Å². The largest absolute Gasteiger partial charge is 0.457 e. The first-order valence-corrected chi connectivity index (χ1v) is 10.0. The van der Waals surface area contributed by atoms with Gasteiger partial charge in [-0.15, -0.1) is 0 Å².